The number of rotatable bonds is 2. The standard InChI is InChI=1S/C13H16N4O2/c1-17(13(18)12-7-19-5-4-14-12)9-2-3-10-11(6-9)16-8-15-10/h2-3,6,8,12,14H,4-5,7H2,1H3,(H,15,16). The highest BCUT2D eigenvalue weighted by molar-refractivity contribution is 5.98. The van der Waals surface area contributed by atoms with Crippen molar-refractivity contribution in [2.45, 2.75) is 6.04 Å². The van der Waals surface area contributed by atoms with Crippen LogP contribution in [0.5, 0.6) is 0 Å². The molecule has 1 atom stereocenters. The Hall–Kier alpha value is -1.92. The molecule has 1 saturated heterocycles. The second kappa shape index (κ2) is 4.99. The van der Waals surface area contributed by atoms with Gasteiger partial charge < -0.3 is 19.9 Å². The van der Waals surface area contributed by atoms with E-state index >= 15 is 0 Å². The minimum absolute atomic E-state index is 0.0126. The summed E-state index contributed by atoms with van der Waals surface area (Å²) >= 11 is 0. The third kappa shape index (κ3) is 2.32. The molecule has 2 heterocycles. The van der Waals surface area contributed by atoms with E-state index in [4.69, 9.17) is 4.74 Å². The Morgan fingerprint density at radius 1 is 1.53 bits per heavy atom. The zero-order valence-electron chi connectivity index (χ0n) is 10.7. The van der Waals surface area contributed by atoms with Crippen molar-refractivity contribution >= 4 is 22.6 Å². The quantitative estimate of drug-likeness (QED) is 0.825. The lowest BCUT2D eigenvalue weighted by atomic mass is 10.2. The van der Waals surface area contributed by atoms with Gasteiger partial charge >= 0.3 is 0 Å². The van der Waals surface area contributed by atoms with Crippen molar-refractivity contribution in [1.82, 2.24) is 15.3 Å². The molecule has 6 nitrogen and oxygen atoms in total. The SMILES string of the molecule is CN(C(=O)C1COCCN1)c1ccc2nc[nH]c2c1. The first-order valence-electron chi connectivity index (χ1n) is 6.27. The lowest BCUT2D eigenvalue weighted by Crippen LogP contribution is -2.51. The Morgan fingerprint density at radius 3 is 3.21 bits per heavy atom. The van der Waals surface area contributed by atoms with Gasteiger partial charge in [0.2, 0.25) is 5.91 Å². The third-order valence-electron chi connectivity index (χ3n) is 3.34. The number of aromatic nitrogens is 2. The molecule has 1 unspecified atom stereocenters. The van der Waals surface area contributed by atoms with Gasteiger partial charge in [0, 0.05) is 19.3 Å². The Morgan fingerprint density at radius 2 is 2.42 bits per heavy atom. The van der Waals surface area contributed by atoms with Gasteiger partial charge in [-0.2, -0.15) is 0 Å². The largest absolute Gasteiger partial charge is 0.378 e. The summed E-state index contributed by atoms with van der Waals surface area (Å²) in [5.41, 5.74) is 2.66. The van der Waals surface area contributed by atoms with Gasteiger partial charge in [0.05, 0.1) is 30.6 Å². The fraction of sp³-hybridized carbons (Fsp3) is 0.385. The van der Waals surface area contributed by atoms with Crippen molar-refractivity contribution in [3.63, 3.8) is 0 Å². The van der Waals surface area contributed by atoms with Gasteiger partial charge in [0.1, 0.15) is 6.04 Å². The van der Waals surface area contributed by atoms with Crippen LogP contribution in [0.4, 0.5) is 5.69 Å². The van der Waals surface area contributed by atoms with Crippen LogP contribution in [0.25, 0.3) is 11.0 Å². The summed E-state index contributed by atoms with van der Waals surface area (Å²) in [7, 11) is 1.77. The number of nitrogens with one attached hydrogen (secondary N) is 2. The molecule has 3 rings (SSSR count). The molecule has 0 aliphatic carbocycles. The molecule has 0 spiro atoms. The molecule has 0 bridgehead atoms. The molecule has 1 aliphatic rings. The number of benzene rings is 1. The van der Waals surface area contributed by atoms with Crippen LogP contribution in [-0.2, 0) is 9.53 Å². The number of morpholine rings is 1. The Bertz CT molecular complexity index is 589. The maximum atomic E-state index is 12.3. The molecular formula is C13H16N4O2. The highest BCUT2D eigenvalue weighted by atomic mass is 16.5. The average molecular weight is 260 g/mol. The summed E-state index contributed by atoms with van der Waals surface area (Å²) in [6.07, 6.45) is 1.65. The zero-order valence-corrected chi connectivity index (χ0v) is 10.7. The van der Waals surface area contributed by atoms with E-state index in [1.807, 2.05) is 18.2 Å². The van der Waals surface area contributed by atoms with Crippen LogP contribution in [0.1, 0.15) is 0 Å². The summed E-state index contributed by atoms with van der Waals surface area (Å²) in [6, 6.07) is 5.45. The van der Waals surface area contributed by atoms with E-state index in [0.29, 0.717) is 19.8 Å². The zero-order chi connectivity index (χ0) is 13.2. The second-order valence-electron chi connectivity index (χ2n) is 4.58. The number of aromatic amines is 1. The van der Waals surface area contributed by atoms with Crippen molar-refractivity contribution < 1.29 is 9.53 Å². The summed E-state index contributed by atoms with van der Waals surface area (Å²) in [4.78, 5) is 21.2. The third-order valence-corrected chi connectivity index (χ3v) is 3.34. The Labute approximate surface area is 110 Å². The van der Waals surface area contributed by atoms with E-state index < -0.39 is 0 Å². The number of hydrogen-bond acceptors (Lipinski definition) is 4. The van der Waals surface area contributed by atoms with Crippen LogP contribution in [0, 0.1) is 0 Å². The average Bonchev–Trinajstić information content (AvgIpc) is 2.94. The van der Waals surface area contributed by atoms with Gasteiger partial charge in [-0.05, 0) is 18.2 Å². The van der Waals surface area contributed by atoms with E-state index in [1.165, 1.54) is 0 Å². The summed E-state index contributed by atoms with van der Waals surface area (Å²) in [5, 5.41) is 3.17. The first-order valence-corrected chi connectivity index (χ1v) is 6.27. The van der Waals surface area contributed by atoms with Crippen LogP contribution in [0.2, 0.25) is 0 Å². The number of anilines is 1. The first kappa shape index (κ1) is 12.1. The lowest BCUT2D eigenvalue weighted by molar-refractivity contribution is -0.123. The molecule has 1 amide bonds. The highest BCUT2D eigenvalue weighted by Crippen LogP contribution is 2.19. The molecule has 6 heteroatoms. The molecule has 1 aromatic heterocycles. The first-order chi connectivity index (χ1) is 9.25. The van der Waals surface area contributed by atoms with Gasteiger partial charge in [-0.15, -0.1) is 0 Å². The number of amides is 1. The number of hydrogen-bond donors (Lipinski definition) is 2. The van der Waals surface area contributed by atoms with Crippen LogP contribution in [0.3, 0.4) is 0 Å². The van der Waals surface area contributed by atoms with Gasteiger partial charge in [-0.25, -0.2) is 4.98 Å². The molecule has 0 radical (unpaired) electrons. The summed E-state index contributed by atoms with van der Waals surface area (Å²) < 4.78 is 5.32. The van der Waals surface area contributed by atoms with Crippen LogP contribution in [-0.4, -0.2) is 48.7 Å². The topological polar surface area (TPSA) is 70.2 Å². The fourth-order valence-electron chi connectivity index (χ4n) is 2.22. The normalized spacial score (nSPS) is 19.5. The molecule has 1 aliphatic heterocycles. The maximum Gasteiger partial charge on any atom is 0.246 e. The van der Waals surface area contributed by atoms with Crippen LogP contribution in [0.15, 0.2) is 24.5 Å². The smallest absolute Gasteiger partial charge is 0.246 e. The predicted octanol–water partition coefficient (Wildman–Crippen LogP) is 0.514. The van der Waals surface area contributed by atoms with Crippen LogP contribution < -0.4 is 10.2 Å². The number of H-pyrrole nitrogens is 1. The van der Waals surface area contributed by atoms with Gasteiger partial charge in [0.25, 0.3) is 0 Å². The predicted molar refractivity (Wildman–Crippen MR) is 72.1 cm³/mol. The Balaban J connectivity index is 1.81. The minimum atomic E-state index is -0.267. The number of carbonyl (C=O) groups is 1. The number of imidazole rings is 1. The van der Waals surface area contributed by atoms with Gasteiger partial charge in [-0.1, -0.05) is 0 Å². The molecule has 1 aromatic carbocycles. The van der Waals surface area contributed by atoms with E-state index in [0.717, 1.165) is 16.7 Å². The van der Waals surface area contributed by atoms with Crippen molar-refractivity contribution in [3.05, 3.63) is 24.5 Å². The van der Waals surface area contributed by atoms with E-state index in [9.17, 15) is 4.79 Å². The van der Waals surface area contributed by atoms with Crippen molar-refractivity contribution in [1.29, 1.82) is 0 Å². The maximum absolute atomic E-state index is 12.3. The second-order valence-corrected chi connectivity index (χ2v) is 4.58. The van der Waals surface area contributed by atoms with Crippen molar-refractivity contribution in [2.24, 2.45) is 0 Å². The minimum Gasteiger partial charge on any atom is -0.378 e. The summed E-state index contributed by atoms with van der Waals surface area (Å²) in [5.74, 6) is 0.0126. The van der Waals surface area contributed by atoms with Gasteiger partial charge in [-0.3, -0.25) is 4.79 Å². The number of fused-ring (bicyclic) bond motifs is 1. The monoisotopic (exact) mass is 260 g/mol. The number of likely N-dealkylation sites (N-methyl/N-ethyl adjacent to an activating group) is 1. The fourth-order valence-corrected chi connectivity index (χ4v) is 2.22. The molecule has 0 saturated carbocycles. The van der Waals surface area contributed by atoms with Crippen molar-refractivity contribution in [3.8, 4) is 0 Å². The molecular weight excluding hydrogens is 244 g/mol. The lowest BCUT2D eigenvalue weighted by Gasteiger charge is -2.27. The molecule has 1 fully saturated rings. The van der Waals surface area contributed by atoms with E-state index in [2.05, 4.69) is 15.3 Å². The van der Waals surface area contributed by atoms with E-state index in [1.54, 1.807) is 18.3 Å². The van der Waals surface area contributed by atoms with Crippen LogP contribution >= 0.6 is 0 Å². The number of carbonyl (C=O) groups excluding carboxylic acids is 1. The van der Waals surface area contributed by atoms with Crippen molar-refractivity contribution in [2.75, 3.05) is 31.7 Å². The molecule has 100 valence electrons. The summed E-state index contributed by atoms with van der Waals surface area (Å²) in [6.45, 7) is 1.80. The Kier molecular flexibility index (Phi) is 3.18. The van der Waals surface area contributed by atoms with Gasteiger partial charge in [0.15, 0.2) is 0 Å². The van der Waals surface area contributed by atoms with E-state index in [-0.39, 0.29) is 11.9 Å². The number of nitrogens with zero attached hydrogens (tertiary/aromatic N) is 2. The molecule has 2 aromatic rings. The molecule has 19 heavy (non-hydrogen) atoms. The number of ether oxygens (including phenoxy) is 1. The molecule has 2 N–H and O–H groups in total. The highest BCUT2D eigenvalue weighted by Gasteiger charge is 2.25.